The first-order valence-corrected chi connectivity index (χ1v) is 7.23. The monoisotopic (exact) mass is 282 g/mol. The average Bonchev–Trinajstić information content (AvgIpc) is 2.84. The van der Waals surface area contributed by atoms with E-state index in [0.29, 0.717) is 26.1 Å². The van der Waals surface area contributed by atoms with E-state index >= 15 is 0 Å². The Hall–Kier alpha value is -1.47. The molecule has 0 bridgehead atoms. The van der Waals surface area contributed by atoms with E-state index < -0.39 is 11.8 Å². The number of aromatic nitrogens is 1. The van der Waals surface area contributed by atoms with Gasteiger partial charge in [0, 0.05) is 50.2 Å². The van der Waals surface area contributed by atoms with Gasteiger partial charge in [-0.2, -0.15) is 0 Å². The summed E-state index contributed by atoms with van der Waals surface area (Å²) in [6, 6.07) is 0. The van der Waals surface area contributed by atoms with Crippen LogP contribution in [0.4, 0.5) is 0 Å². The molecule has 0 atom stereocenters. The number of thiazole rings is 1. The van der Waals surface area contributed by atoms with Crippen LogP contribution in [0.2, 0.25) is 0 Å². The zero-order chi connectivity index (χ0) is 13.7. The summed E-state index contributed by atoms with van der Waals surface area (Å²) in [7, 11) is 0. The fourth-order valence-electron chi connectivity index (χ4n) is 1.89. The van der Waals surface area contributed by atoms with Crippen LogP contribution in [-0.4, -0.2) is 54.4 Å². The minimum absolute atomic E-state index is 0.434. The first kappa shape index (κ1) is 14.0. The fraction of sp³-hybridized carbons (Fsp3) is 0.583. The molecule has 0 unspecified atom stereocenters. The van der Waals surface area contributed by atoms with Crippen molar-refractivity contribution in [3.8, 4) is 0 Å². The maximum atomic E-state index is 11.8. The normalized spacial score (nSPS) is 15.3. The van der Waals surface area contributed by atoms with E-state index in [0.717, 1.165) is 23.8 Å². The van der Waals surface area contributed by atoms with Gasteiger partial charge in [0.2, 0.25) is 0 Å². The lowest BCUT2D eigenvalue weighted by molar-refractivity contribution is -0.146. The summed E-state index contributed by atoms with van der Waals surface area (Å²) in [6.45, 7) is 5.07. The van der Waals surface area contributed by atoms with Gasteiger partial charge in [-0.25, -0.2) is 4.98 Å². The van der Waals surface area contributed by atoms with Crippen molar-refractivity contribution >= 4 is 23.2 Å². The molecule has 7 heteroatoms. The summed E-state index contributed by atoms with van der Waals surface area (Å²) in [6.07, 6.45) is 0.666. The first-order valence-electron chi connectivity index (χ1n) is 6.35. The molecule has 1 aromatic heterocycles. The van der Waals surface area contributed by atoms with Gasteiger partial charge in [-0.15, -0.1) is 11.3 Å². The average molecular weight is 282 g/mol. The number of carbonyl (C=O) groups excluding carboxylic acids is 2. The number of hydrogen-bond acceptors (Lipinski definition) is 5. The lowest BCUT2D eigenvalue weighted by Crippen LogP contribution is -2.51. The van der Waals surface area contributed by atoms with E-state index in [4.69, 9.17) is 0 Å². The zero-order valence-electron chi connectivity index (χ0n) is 10.9. The number of nitrogens with zero attached hydrogens (tertiary/aromatic N) is 2. The van der Waals surface area contributed by atoms with Crippen LogP contribution in [0.1, 0.15) is 10.7 Å². The highest BCUT2D eigenvalue weighted by molar-refractivity contribution is 7.09. The molecule has 1 fully saturated rings. The van der Waals surface area contributed by atoms with Crippen LogP contribution in [0, 0.1) is 6.92 Å². The van der Waals surface area contributed by atoms with Crippen LogP contribution >= 0.6 is 11.3 Å². The minimum atomic E-state index is -0.518. The van der Waals surface area contributed by atoms with Gasteiger partial charge in [-0.05, 0) is 6.92 Å². The molecule has 1 saturated heterocycles. The molecule has 0 aromatic carbocycles. The number of aryl methyl sites for hydroxylation is 1. The number of piperazine rings is 1. The van der Waals surface area contributed by atoms with Crippen molar-refractivity contribution in [1.29, 1.82) is 0 Å². The molecule has 2 N–H and O–H groups in total. The van der Waals surface area contributed by atoms with Crippen molar-refractivity contribution in [1.82, 2.24) is 20.5 Å². The molecule has 2 amide bonds. The number of carbonyl (C=O) groups is 2. The zero-order valence-corrected chi connectivity index (χ0v) is 11.8. The molecule has 104 valence electrons. The van der Waals surface area contributed by atoms with Crippen molar-refractivity contribution in [3.63, 3.8) is 0 Å². The minimum Gasteiger partial charge on any atom is -0.347 e. The van der Waals surface area contributed by atoms with Crippen molar-refractivity contribution in [2.24, 2.45) is 0 Å². The highest BCUT2D eigenvalue weighted by atomic mass is 32.1. The quantitative estimate of drug-likeness (QED) is 0.736. The van der Waals surface area contributed by atoms with Crippen LogP contribution < -0.4 is 10.6 Å². The second-order valence-corrected chi connectivity index (χ2v) is 5.37. The van der Waals surface area contributed by atoms with E-state index in [1.54, 1.807) is 16.2 Å². The lowest BCUT2D eigenvalue weighted by atomic mass is 10.3. The molecule has 2 heterocycles. The molecule has 0 aliphatic carbocycles. The van der Waals surface area contributed by atoms with Crippen molar-refractivity contribution in [2.75, 3.05) is 32.7 Å². The van der Waals surface area contributed by atoms with Gasteiger partial charge < -0.3 is 15.5 Å². The third-order valence-corrected chi connectivity index (χ3v) is 3.92. The van der Waals surface area contributed by atoms with Crippen molar-refractivity contribution in [3.05, 3.63) is 16.1 Å². The SMILES string of the molecule is Cc1csc(CCNC(=O)C(=O)N2CCNCC2)n1. The maximum absolute atomic E-state index is 11.8. The van der Waals surface area contributed by atoms with Crippen molar-refractivity contribution < 1.29 is 9.59 Å². The van der Waals surface area contributed by atoms with Gasteiger partial charge in [-0.3, -0.25) is 9.59 Å². The van der Waals surface area contributed by atoms with Gasteiger partial charge in [-0.1, -0.05) is 0 Å². The molecule has 2 rings (SSSR count). The van der Waals surface area contributed by atoms with Gasteiger partial charge >= 0.3 is 11.8 Å². The Morgan fingerprint density at radius 1 is 1.47 bits per heavy atom. The number of rotatable bonds is 3. The fourth-order valence-corrected chi connectivity index (χ4v) is 2.66. The van der Waals surface area contributed by atoms with Crippen LogP contribution in [0.25, 0.3) is 0 Å². The standard InChI is InChI=1S/C12H18N4O2S/c1-9-8-19-10(15-9)2-3-14-11(17)12(18)16-6-4-13-5-7-16/h8,13H,2-7H2,1H3,(H,14,17). The molecule has 0 spiro atoms. The largest absolute Gasteiger partial charge is 0.347 e. The highest BCUT2D eigenvalue weighted by Gasteiger charge is 2.22. The maximum Gasteiger partial charge on any atom is 0.311 e. The molecule has 1 aromatic rings. The van der Waals surface area contributed by atoms with Gasteiger partial charge in [0.15, 0.2) is 0 Å². The van der Waals surface area contributed by atoms with Crippen LogP contribution in [0.15, 0.2) is 5.38 Å². The van der Waals surface area contributed by atoms with Crippen molar-refractivity contribution in [2.45, 2.75) is 13.3 Å². The third-order valence-electron chi connectivity index (χ3n) is 2.89. The predicted molar refractivity (Wildman–Crippen MR) is 73.0 cm³/mol. The highest BCUT2D eigenvalue weighted by Crippen LogP contribution is 2.08. The van der Waals surface area contributed by atoms with E-state index in [1.165, 1.54) is 0 Å². The number of nitrogens with one attached hydrogen (secondary N) is 2. The molecule has 19 heavy (non-hydrogen) atoms. The van der Waals surface area contributed by atoms with Crippen LogP contribution in [-0.2, 0) is 16.0 Å². The van der Waals surface area contributed by atoms with E-state index in [2.05, 4.69) is 15.6 Å². The number of hydrogen-bond donors (Lipinski definition) is 2. The molecular formula is C12H18N4O2S. The number of amides is 2. The van der Waals surface area contributed by atoms with E-state index in [1.807, 2.05) is 12.3 Å². The molecule has 0 radical (unpaired) electrons. The van der Waals surface area contributed by atoms with E-state index in [-0.39, 0.29) is 0 Å². The second-order valence-electron chi connectivity index (χ2n) is 4.43. The molecule has 1 aliphatic heterocycles. The first-order chi connectivity index (χ1) is 9.16. The Labute approximate surface area is 116 Å². The Bertz CT molecular complexity index is 454. The Morgan fingerprint density at radius 3 is 2.84 bits per heavy atom. The Balaban J connectivity index is 1.72. The molecular weight excluding hydrogens is 264 g/mol. The topological polar surface area (TPSA) is 74.3 Å². The third kappa shape index (κ3) is 4.00. The van der Waals surface area contributed by atoms with Crippen LogP contribution in [0.3, 0.4) is 0 Å². The smallest absolute Gasteiger partial charge is 0.311 e. The van der Waals surface area contributed by atoms with Crippen LogP contribution in [0.5, 0.6) is 0 Å². The molecule has 0 saturated carbocycles. The second kappa shape index (κ2) is 6.63. The summed E-state index contributed by atoms with van der Waals surface area (Å²) in [5.41, 5.74) is 0.989. The van der Waals surface area contributed by atoms with Gasteiger partial charge in [0.1, 0.15) is 0 Å². The summed E-state index contributed by atoms with van der Waals surface area (Å²) >= 11 is 1.57. The summed E-state index contributed by atoms with van der Waals surface area (Å²) in [5, 5.41) is 8.75. The molecule has 6 nitrogen and oxygen atoms in total. The van der Waals surface area contributed by atoms with Gasteiger partial charge in [0.25, 0.3) is 0 Å². The Morgan fingerprint density at radius 2 is 2.21 bits per heavy atom. The summed E-state index contributed by atoms with van der Waals surface area (Å²) < 4.78 is 0. The van der Waals surface area contributed by atoms with E-state index in [9.17, 15) is 9.59 Å². The lowest BCUT2D eigenvalue weighted by Gasteiger charge is -2.26. The van der Waals surface area contributed by atoms with Gasteiger partial charge in [0.05, 0.1) is 5.01 Å². The summed E-state index contributed by atoms with van der Waals surface area (Å²) in [5.74, 6) is -0.952. The Kier molecular flexibility index (Phi) is 4.86. The summed E-state index contributed by atoms with van der Waals surface area (Å²) in [4.78, 5) is 29.4. The predicted octanol–water partition coefficient (Wildman–Crippen LogP) is -0.458. The molecule has 1 aliphatic rings.